The van der Waals surface area contributed by atoms with Crippen LogP contribution in [0.15, 0.2) is 48.5 Å². The summed E-state index contributed by atoms with van der Waals surface area (Å²) in [4.78, 5) is 36.3. The molecule has 8 nitrogen and oxygen atoms in total. The van der Waals surface area contributed by atoms with E-state index in [4.69, 9.17) is 14.6 Å². The Labute approximate surface area is 205 Å². The maximum absolute atomic E-state index is 12.9. The van der Waals surface area contributed by atoms with Crippen LogP contribution >= 0.6 is 0 Å². The van der Waals surface area contributed by atoms with E-state index in [1.807, 2.05) is 31.2 Å². The number of carboxylic acid groups (broad SMARTS) is 1. The van der Waals surface area contributed by atoms with Crippen molar-refractivity contribution in [1.29, 1.82) is 0 Å². The number of hydrogen-bond acceptors (Lipinski definition) is 5. The van der Waals surface area contributed by atoms with Gasteiger partial charge in [-0.15, -0.1) is 0 Å². The van der Waals surface area contributed by atoms with Crippen molar-refractivity contribution in [3.8, 4) is 11.1 Å². The predicted octanol–water partition coefficient (Wildman–Crippen LogP) is 3.69. The standard InChI is InChI=1S/C27H32N2O6/c1-27(13-7-6-12-23(27)25(32)28-14-15-34-17-24(30)31)29-26(33)35-16-22-20-10-4-2-8-18(20)19-9-3-5-11-21(19)22/h2-5,8-11,22-23H,6-7,12-17H2,1H3,(H,28,32)(H,29,33)(H,30,31). The third-order valence-electron chi connectivity index (χ3n) is 7.03. The van der Waals surface area contributed by atoms with Gasteiger partial charge in [-0.05, 0) is 42.0 Å². The molecule has 1 fully saturated rings. The summed E-state index contributed by atoms with van der Waals surface area (Å²) in [5, 5.41) is 14.4. The molecule has 0 heterocycles. The lowest BCUT2D eigenvalue weighted by Gasteiger charge is -2.40. The van der Waals surface area contributed by atoms with Gasteiger partial charge < -0.3 is 25.2 Å². The van der Waals surface area contributed by atoms with Crippen LogP contribution < -0.4 is 10.6 Å². The summed E-state index contributed by atoms with van der Waals surface area (Å²) in [6.07, 6.45) is 2.60. The Kier molecular flexibility index (Phi) is 7.70. The molecule has 186 valence electrons. The van der Waals surface area contributed by atoms with E-state index in [0.717, 1.165) is 24.0 Å². The van der Waals surface area contributed by atoms with Crippen molar-refractivity contribution in [2.45, 2.75) is 44.1 Å². The minimum absolute atomic E-state index is 0.0304. The number of carbonyl (C=O) groups is 3. The molecule has 2 unspecified atom stereocenters. The van der Waals surface area contributed by atoms with Gasteiger partial charge in [0.1, 0.15) is 13.2 Å². The Balaban J connectivity index is 1.35. The van der Waals surface area contributed by atoms with Crippen LogP contribution in [0.25, 0.3) is 11.1 Å². The fourth-order valence-corrected chi connectivity index (χ4v) is 5.30. The van der Waals surface area contributed by atoms with Crippen LogP contribution in [0.5, 0.6) is 0 Å². The van der Waals surface area contributed by atoms with Crippen molar-refractivity contribution < 1.29 is 29.0 Å². The molecule has 2 aromatic carbocycles. The first-order valence-electron chi connectivity index (χ1n) is 12.1. The summed E-state index contributed by atoms with van der Waals surface area (Å²) in [7, 11) is 0. The molecule has 0 spiro atoms. The van der Waals surface area contributed by atoms with Crippen LogP contribution in [0.2, 0.25) is 0 Å². The first kappa shape index (κ1) is 24.7. The number of carboxylic acids is 1. The number of rotatable bonds is 9. The van der Waals surface area contributed by atoms with Gasteiger partial charge in [0.05, 0.1) is 18.1 Å². The van der Waals surface area contributed by atoms with Crippen LogP contribution in [0.1, 0.15) is 49.7 Å². The largest absolute Gasteiger partial charge is 0.480 e. The molecule has 2 amide bonds. The fraction of sp³-hybridized carbons (Fsp3) is 0.444. The summed E-state index contributed by atoms with van der Waals surface area (Å²) < 4.78 is 10.7. The fourth-order valence-electron chi connectivity index (χ4n) is 5.30. The number of ether oxygens (including phenoxy) is 2. The van der Waals surface area contributed by atoms with E-state index >= 15 is 0 Å². The lowest BCUT2D eigenvalue weighted by molar-refractivity contribution is -0.142. The molecule has 0 aromatic heterocycles. The molecule has 0 radical (unpaired) electrons. The molecule has 2 aromatic rings. The Morgan fingerprint density at radius 1 is 1.03 bits per heavy atom. The summed E-state index contributed by atoms with van der Waals surface area (Å²) in [5.41, 5.74) is 3.90. The molecular formula is C27H32N2O6. The van der Waals surface area contributed by atoms with Gasteiger partial charge in [-0.25, -0.2) is 9.59 Å². The number of amides is 2. The molecule has 8 heteroatoms. The van der Waals surface area contributed by atoms with E-state index in [1.54, 1.807) is 0 Å². The number of hydrogen-bond donors (Lipinski definition) is 3. The molecule has 2 aliphatic rings. The van der Waals surface area contributed by atoms with Crippen molar-refractivity contribution in [3.63, 3.8) is 0 Å². The molecule has 35 heavy (non-hydrogen) atoms. The third kappa shape index (κ3) is 5.65. The molecule has 0 saturated heterocycles. The highest BCUT2D eigenvalue weighted by Gasteiger charge is 2.42. The molecule has 1 saturated carbocycles. The third-order valence-corrected chi connectivity index (χ3v) is 7.03. The van der Waals surface area contributed by atoms with E-state index in [9.17, 15) is 14.4 Å². The highest BCUT2D eigenvalue weighted by atomic mass is 16.5. The van der Waals surface area contributed by atoms with E-state index in [-0.39, 0.29) is 31.6 Å². The van der Waals surface area contributed by atoms with Gasteiger partial charge in [0, 0.05) is 12.5 Å². The summed E-state index contributed by atoms with van der Waals surface area (Å²) in [6.45, 7) is 2.03. The second-order valence-corrected chi connectivity index (χ2v) is 9.40. The lowest BCUT2D eigenvalue weighted by atomic mass is 9.73. The van der Waals surface area contributed by atoms with Gasteiger partial charge in [0.2, 0.25) is 5.91 Å². The summed E-state index contributed by atoms with van der Waals surface area (Å²) in [5.74, 6) is -1.66. The number of alkyl carbamates (subject to hydrolysis) is 1. The van der Waals surface area contributed by atoms with Crippen molar-refractivity contribution in [2.75, 3.05) is 26.4 Å². The number of aliphatic carboxylic acids is 1. The van der Waals surface area contributed by atoms with Crippen molar-refractivity contribution in [3.05, 3.63) is 59.7 Å². The number of carbonyl (C=O) groups excluding carboxylic acids is 2. The SMILES string of the molecule is CC1(NC(=O)OCC2c3ccccc3-c3ccccc32)CCCCC1C(=O)NCCOCC(=O)O. The molecular weight excluding hydrogens is 448 g/mol. The van der Waals surface area contributed by atoms with Gasteiger partial charge in [0.15, 0.2) is 0 Å². The average Bonchev–Trinajstić information content (AvgIpc) is 3.16. The summed E-state index contributed by atoms with van der Waals surface area (Å²) >= 11 is 0. The predicted molar refractivity (Wildman–Crippen MR) is 130 cm³/mol. The van der Waals surface area contributed by atoms with Gasteiger partial charge in [0.25, 0.3) is 0 Å². The number of nitrogens with one attached hydrogen (secondary N) is 2. The molecule has 0 aliphatic heterocycles. The minimum atomic E-state index is -1.05. The molecule has 2 aliphatic carbocycles. The van der Waals surface area contributed by atoms with Crippen molar-refractivity contribution >= 4 is 18.0 Å². The molecule has 0 bridgehead atoms. The monoisotopic (exact) mass is 480 g/mol. The van der Waals surface area contributed by atoms with Crippen molar-refractivity contribution in [2.24, 2.45) is 5.92 Å². The second-order valence-electron chi connectivity index (χ2n) is 9.40. The number of fused-ring (bicyclic) bond motifs is 3. The smallest absolute Gasteiger partial charge is 0.407 e. The lowest BCUT2D eigenvalue weighted by Crippen LogP contribution is -2.57. The van der Waals surface area contributed by atoms with E-state index in [0.29, 0.717) is 12.8 Å². The molecule has 3 N–H and O–H groups in total. The van der Waals surface area contributed by atoms with Crippen LogP contribution in [-0.4, -0.2) is 55.0 Å². The Hall–Kier alpha value is -3.39. The molecule has 4 rings (SSSR count). The second kappa shape index (κ2) is 10.9. The Bertz CT molecular complexity index is 1040. The topological polar surface area (TPSA) is 114 Å². The zero-order valence-corrected chi connectivity index (χ0v) is 19.9. The Morgan fingerprint density at radius 3 is 2.34 bits per heavy atom. The maximum atomic E-state index is 12.9. The van der Waals surface area contributed by atoms with Gasteiger partial charge >= 0.3 is 12.1 Å². The highest BCUT2D eigenvalue weighted by molar-refractivity contribution is 5.82. The number of benzene rings is 2. The van der Waals surface area contributed by atoms with Crippen LogP contribution in [0.3, 0.4) is 0 Å². The maximum Gasteiger partial charge on any atom is 0.407 e. The summed E-state index contributed by atoms with van der Waals surface area (Å²) in [6, 6.07) is 16.3. The average molecular weight is 481 g/mol. The zero-order chi connectivity index (χ0) is 24.8. The van der Waals surface area contributed by atoms with Crippen molar-refractivity contribution in [1.82, 2.24) is 10.6 Å². The van der Waals surface area contributed by atoms with Gasteiger partial charge in [-0.3, -0.25) is 4.79 Å². The first-order valence-corrected chi connectivity index (χ1v) is 12.1. The van der Waals surface area contributed by atoms with E-state index in [1.165, 1.54) is 11.1 Å². The Morgan fingerprint density at radius 2 is 1.69 bits per heavy atom. The zero-order valence-electron chi connectivity index (χ0n) is 19.9. The first-order chi connectivity index (χ1) is 16.9. The van der Waals surface area contributed by atoms with E-state index < -0.39 is 30.1 Å². The van der Waals surface area contributed by atoms with Crippen LogP contribution in [0.4, 0.5) is 4.79 Å². The highest BCUT2D eigenvalue weighted by Crippen LogP contribution is 2.44. The minimum Gasteiger partial charge on any atom is -0.480 e. The normalized spacial score (nSPS) is 21.0. The van der Waals surface area contributed by atoms with Gasteiger partial charge in [-0.2, -0.15) is 0 Å². The van der Waals surface area contributed by atoms with Crippen LogP contribution in [0, 0.1) is 5.92 Å². The van der Waals surface area contributed by atoms with Gasteiger partial charge in [-0.1, -0.05) is 61.4 Å². The molecule has 2 atom stereocenters. The van der Waals surface area contributed by atoms with Crippen LogP contribution in [-0.2, 0) is 19.1 Å². The quantitative estimate of drug-likeness (QED) is 0.472. The van der Waals surface area contributed by atoms with E-state index in [2.05, 4.69) is 34.9 Å².